The van der Waals surface area contributed by atoms with E-state index in [2.05, 4.69) is 16.8 Å². The van der Waals surface area contributed by atoms with Crippen LogP contribution in [-0.4, -0.2) is 48.4 Å². The molecule has 0 atom stereocenters. The number of anilines is 1. The maximum atomic E-state index is 12.5. The minimum Gasteiger partial charge on any atom is -0.398 e. The smallest absolute Gasteiger partial charge is 0.164 e. The summed E-state index contributed by atoms with van der Waals surface area (Å²) in [4.78, 5) is 19.3. The van der Waals surface area contributed by atoms with Crippen LogP contribution in [0.4, 0.5) is 5.69 Å². The minimum atomic E-state index is -0.458. The highest BCUT2D eigenvalue weighted by Crippen LogP contribution is 2.22. The van der Waals surface area contributed by atoms with Gasteiger partial charge in [-0.25, -0.2) is 0 Å². The number of nitrogens with two attached hydrogens (primary N) is 2. The van der Waals surface area contributed by atoms with Crippen molar-refractivity contribution in [2.75, 3.05) is 32.0 Å². The summed E-state index contributed by atoms with van der Waals surface area (Å²) in [7, 11) is 0. The molecule has 0 amide bonds. The van der Waals surface area contributed by atoms with Crippen LogP contribution >= 0.6 is 0 Å². The van der Waals surface area contributed by atoms with Crippen LogP contribution in [0.25, 0.3) is 0 Å². The summed E-state index contributed by atoms with van der Waals surface area (Å²) >= 11 is 0. The topological polar surface area (TPSA) is 106 Å². The average molecular weight is 420 g/mol. The normalized spacial score (nSPS) is 18.1. The summed E-state index contributed by atoms with van der Waals surface area (Å²) in [6, 6.07) is 13.6. The van der Waals surface area contributed by atoms with E-state index in [-0.39, 0.29) is 5.78 Å². The molecule has 1 saturated heterocycles. The first-order valence-electron chi connectivity index (χ1n) is 10.4. The predicted octanol–water partition coefficient (Wildman–Crippen LogP) is 2.20. The predicted molar refractivity (Wildman–Crippen MR) is 123 cm³/mol. The first-order valence-corrected chi connectivity index (χ1v) is 10.4. The molecule has 0 radical (unpaired) electrons. The maximum absolute atomic E-state index is 12.5. The second-order valence-electron chi connectivity index (χ2n) is 8.43. The first kappa shape index (κ1) is 21.1. The van der Waals surface area contributed by atoms with Crippen molar-refractivity contribution >= 4 is 17.3 Å². The van der Waals surface area contributed by atoms with Gasteiger partial charge in [0.25, 0.3) is 0 Å². The van der Waals surface area contributed by atoms with E-state index >= 15 is 0 Å². The lowest BCUT2D eigenvalue weighted by Gasteiger charge is -2.36. The van der Waals surface area contributed by atoms with Gasteiger partial charge in [-0.15, -0.1) is 0 Å². The van der Waals surface area contributed by atoms with Crippen LogP contribution in [-0.2, 0) is 11.3 Å². The van der Waals surface area contributed by atoms with Crippen LogP contribution in [0.3, 0.4) is 0 Å². The van der Waals surface area contributed by atoms with Gasteiger partial charge in [-0.1, -0.05) is 42.5 Å². The Hall–Kier alpha value is -3.16. The number of carbonyl (C=O) groups is 1. The van der Waals surface area contributed by atoms with Gasteiger partial charge in [0.15, 0.2) is 5.78 Å². The number of Topliss-reactive ketones (excluding diaryl/α,β-unsaturated/α-hetero) is 1. The van der Waals surface area contributed by atoms with Crippen LogP contribution < -0.4 is 16.8 Å². The Morgan fingerprint density at radius 2 is 2.06 bits per heavy atom. The molecule has 7 heteroatoms. The van der Waals surface area contributed by atoms with E-state index in [9.17, 15) is 4.79 Å². The standard InChI is InChI=1S/C24H29N5O2/c1-16-7-8-21(25)20(11-16)23(27-13-24(26)14-31-15-24)28-17(2)29-10-9-22(30)19-6-4-3-5-18(19)12-29/h3-8,11H,2,9-10,12-15,25-26H2,1H3,(H,27,28). The van der Waals surface area contributed by atoms with Crippen LogP contribution in [0.15, 0.2) is 59.9 Å². The summed E-state index contributed by atoms with van der Waals surface area (Å²) in [6.07, 6.45) is 0.431. The van der Waals surface area contributed by atoms with Crippen molar-refractivity contribution in [2.24, 2.45) is 10.7 Å². The van der Waals surface area contributed by atoms with Gasteiger partial charge < -0.3 is 26.4 Å². The van der Waals surface area contributed by atoms with Gasteiger partial charge in [0, 0.05) is 36.3 Å². The van der Waals surface area contributed by atoms with Crippen LogP contribution in [0, 0.1) is 6.92 Å². The molecular formula is C24H29N5O2. The monoisotopic (exact) mass is 419 g/mol. The molecule has 0 bridgehead atoms. The van der Waals surface area contributed by atoms with Crippen molar-refractivity contribution in [1.29, 1.82) is 0 Å². The molecule has 7 nitrogen and oxygen atoms in total. The van der Waals surface area contributed by atoms with Crippen molar-refractivity contribution in [1.82, 2.24) is 10.2 Å². The summed E-state index contributed by atoms with van der Waals surface area (Å²) < 4.78 is 5.26. The average Bonchev–Trinajstić information content (AvgIpc) is 2.91. The number of aliphatic imine (C=N–C) groups is 1. The van der Waals surface area contributed by atoms with Gasteiger partial charge in [-0.2, -0.15) is 0 Å². The summed E-state index contributed by atoms with van der Waals surface area (Å²) in [6.45, 7) is 8.81. The lowest BCUT2D eigenvalue weighted by atomic mass is 9.99. The number of aryl methyl sites for hydroxylation is 1. The molecule has 5 N–H and O–H groups in total. The van der Waals surface area contributed by atoms with E-state index in [1.807, 2.05) is 49.4 Å². The van der Waals surface area contributed by atoms with Crippen molar-refractivity contribution in [2.45, 2.75) is 25.4 Å². The van der Waals surface area contributed by atoms with Crippen molar-refractivity contribution in [3.8, 4) is 0 Å². The fourth-order valence-electron chi connectivity index (χ4n) is 3.79. The Balaban J connectivity index is 1.59. The number of nitrogen functional groups attached to an aromatic ring is 1. The summed E-state index contributed by atoms with van der Waals surface area (Å²) in [5, 5.41) is 3.36. The molecule has 2 aliphatic heterocycles. The Bertz CT molecular complexity index is 1040. The quantitative estimate of drug-likeness (QED) is 0.390. The highest BCUT2D eigenvalue weighted by Gasteiger charge is 2.34. The maximum Gasteiger partial charge on any atom is 0.164 e. The van der Waals surface area contributed by atoms with Crippen LogP contribution in [0.5, 0.6) is 0 Å². The molecule has 31 heavy (non-hydrogen) atoms. The van der Waals surface area contributed by atoms with Gasteiger partial charge in [0.1, 0.15) is 5.84 Å². The zero-order chi connectivity index (χ0) is 22.0. The van der Waals surface area contributed by atoms with Gasteiger partial charge >= 0.3 is 0 Å². The molecule has 2 aliphatic rings. The second-order valence-corrected chi connectivity index (χ2v) is 8.43. The number of benzene rings is 2. The molecule has 1 fully saturated rings. The zero-order valence-corrected chi connectivity index (χ0v) is 17.9. The Kier molecular flexibility index (Phi) is 5.80. The lowest BCUT2D eigenvalue weighted by molar-refractivity contribution is -0.0479. The number of rotatable bonds is 5. The highest BCUT2D eigenvalue weighted by molar-refractivity contribution is 6.04. The lowest BCUT2D eigenvalue weighted by Crippen LogP contribution is -2.60. The highest BCUT2D eigenvalue weighted by atomic mass is 16.5. The van der Waals surface area contributed by atoms with Crippen molar-refractivity contribution in [3.05, 3.63) is 77.1 Å². The first-order chi connectivity index (χ1) is 14.8. The second kappa shape index (κ2) is 8.53. The van der Waals surface area contributed by atoms with Crippen LogP contribution in [0.2, 0.25) is 0 Å². The molecular weight excluding hydrogens is 390 g/mol. The van der Waals surface area contributed by atoms with E-state index in [1.54, 1.807) is 0 Å². The van der Waals surface area contributed by atoms with E-state index in [1.165, 1.54) is 0 Å². The molecule has 0 unspecified atom stereocenters. The number of amidine groups is 1. The minimum absolute atomic E-state index is 0.151. The molecule has 162 valence electrons. The third-order valence-electron chi connectivity index (χ3n) is 5.73. The molecule has 0 aliphatic carbocycles. The molecule has 0 aromatic heterocycles. The number of hydrogen-bond donors (Lipinski definition) is 3. The van der Waals surface area contributed by atoms with Gasteiger partial charge in [0.2, 0.25) is 0 Å². The van der Waals surface area contributed by atoms with Gasteiger partial charge in [0.05, 0.1) is 31.1 Å². The summed E-state index contributed by atoms with van der Waals surface area (Å²) in [5.41, 5.74) is 16.4. The van der Waals surface area contributed by atoms with E-state index in [4.69, 9.17) is 21.2 Å². The Labute approximate surface area is 182 Å². The third kappa shape index (κ3) is 4.62. The molecule has 2 aromatic carbocycles. The van der Waals surface area contributed by atoms with Gasteiger partial charge in [-0.3, -0.25) is 9.79 Å². The zero-order valence-electron chi connectivity index (χ0n) is 17.9. The molecule has 0 saturated carbocycles. The number of nitrogens with one attached hydrogen (secondary N) is 1. The molecule has 4 rings (SSSR count). The summed E-state index contributed by atoms with van der Waals surface area (Å²) in [5.74, 6) is 1.43. The van der Waals surface area contributed by atoms with Crippen LogP contribution in [0.1, 0.15) is 33.5 Å². The number of carbonyl (C=O) groups excluding carboxylic acids is 1. The largest absolute Gasteiger partial charge is 0.398 e. The van der Waals surface area contributed by atoms with E-state index in [0.717, 1.165) is 22.3 Å². The Morgan fingerprint density at radius 1 is 1.29 bits per heavy atom. The number of hydrogen-bond acceptors (Lipinski definition) is 6. The van der Waals surface area contributed by atoms with E-state index in [0.29, 0.717) is 56.6 Å². The number of ether oxygens (including phenoxy) is 1. The van der Waals surface area contributed by atoms with Crippen molar-refractivity contribution in [3.63, 3.8) is 0 Å². The fraction of sp³-hybridized carbons (Fsp3) is 0.333. The third-order valence-corrected chi connectivity index (χ3v) is 5.73. The van der Waals surface area contributed by atoms with Gasteiger partial charge in [-0.05, 0) is 24.6 Å². The number of ketones is 1. The molecule has 2 heterocycles. The SMILES string of the molecule is C=C(NC(=NCC1(N)COC1)c1cc(C)ccc1N)N1CCC(=O)c2ccccc2C1. The Morgan fingerprint density at radius 3 is 2.81 bits per heavy atom. The fourth-order valence-corrected chi connectivity index (χ4v) is 3.79. The molecule has 0 spiro atoms. The number of nitrogens with zero attached hydrogens (tertiary/aromatic N) is 2. The number of fused-ring (bicyclic) bond motifs is 1. The molecule has 2 aromatic rings. The van der Waals surface area contributed by atoms with Crippen molar-refractivity contribution < 1.29 is 9.53 Å². The van der Waals surface area contributed by atoms with E-state index < -0.39 is 5.54 Å².